The van der Waals surface area contributed by atoms with Crippen molar-refractivity contribution in [2.45, 2.75) is 18.2 Å². The lowest BCUT2D eigenvalue weighted by Crippen LogP contribution is -2.40. The number of thioether (sulfide) groups is 1. The van der Waals surface area contributed by atoms with Crippen molar-refractivity contribution in [3.8, 4) is 0 Å². The summed E-state index contributed by atoms with van der Waals surface area (Å²) >= 11 is 1.92. The van der Waals surface area contributed by atoms with Gasteiger partial charge in [-0.1, -0.05) is 18.2 Å². The summed E-state index contributed by atoms with van der Waals surface area (Å²) in [5.41, 5.74) is 0. The minimum absolute atomic E-state index is 0. The molecule has 1 aromatic carbocycles. The molecule has 1 unspecified atom stereocenters. The van der Waals surface area contributed by atoms with Crippen molar-refractivity contribution in [3.63, 3.8) is 0 Å². The molecule has 1 fully saturated rings. The van der Waals surface area contributed by atoms with Crippen LogP contribution in [0.2, 0.25) is 0 Å². The first-order valence-electron chi connectivity index (χ1n) is 9.79. The molecule has 1 aliphatic heterocycles. The molecule has 0 bridgehead atoms. The molecular weight excluding hydrogens is 499 g/mol. The molecule has 158 valence electrons. The van der Waals surface area contributed by atoms with Gasteiger partial charge in [-0.15, -0.1) is 35.7 Å². The van der Waals surface area contributed by atoms with Crippen molar-refractivity contribution >= 4 is 47.6 Å². The Morgan fingerprint density at radius 2 is 2.07 bits per heavy atom. The average molecular weight is 528 g/mol. The topological polar surface area (TPSA) is 69.9 Å². The van der Waals surface area contributed by atoms with Crippen molar-refractivity contribution in [2.24, 2.45) is 10.9 Å². The van der Waals surface area contributed by atoms with Crippen LogP contribution in [-0.2, 0) is 0 Å². The molecule has 1 amide bonds. The van der Waals surface area contributed by atoms with E-state index in [-0.39, 0.29) is 29.9 Å². The van der Waals surface area contributed by atoms with E-state index in [9.17, 15) is 4.79 Å². The molecule has 1 saturated heterocycles. The lowest BCUT2D eigenvalue weighted by molar-refractivity contribution is 0.0927. The Kier molecular flexibility index (Phi) is 10.4. The van der Waals surface area contributed by atoms with Gasteiger partial charge >= 0.3 is 0 Å². The second-order valence-corrected chi connectivity index (χ2v) is 7.79. The maximum atomic E-state index is 11.9. The number of likely N-dealkylation sites (tertiary alicyclic amines) is 1. The Labute approximate surface area is 193 Å². The molecule has 2 heterocycles. The summed E-state index contributed by atoms with van der Waals surface area (Å²) in [5, 5.41) is 6.20. The summed E-state index contributed by atoms with van der Waals surface area (Å²) in [6.07, 6.45) is 2.68. The van der Waals surface area contributed by atoms with Crippen LogP contribution in [0.5, 0.6) is 0 Å². The van der Waals surface area contributed by atoms with E-state index in [0.717, 1.165) is 31.3 Å². The summed E-state index contributed by atoms with van der Waals surface area (Å²) < 4.78 is 5.09. The van der Waals surface area contributed by atoms with E-state index >= 15 is 0 Å². The molecule has 0 spiro atoms. The minimum Gasteiger partial charge on any atom is -0.459 e. The van der Waals surface area contributed by atoms with Crippen LogP contribution in [0.25, 0.3) is 0 Å². The van der Waals surface area contributed by atoms with E-state index in [1.165, 1.54) is 17.6 Å². The van der Waals surface area contributed by atoms with Crippen molar-refractivity contribution in [3.05, 3.63) is 54.5 Å². The van der Waals surface area contributed by atoms with Gasteiger partial charge in [-0.2, -0.15) is 0 Å². The largest absolute Gasteiger partial charge is 0.459 e. The number of halogens is 1. The van der Waals surface area contributed by atoms with Crippen molar-refractivity contribution < 1.29 is 9.21 Å². The summed E-state index contributed by atoms with van der Waals surface area (Å²) in [6.45, 7) is 5.96. The summed E-state index contributed by atoms with van der Waals surface area (Å²) in [7, 11) is 0. The van der Waals surface area contributed by atoms with Crippen LogP contribution >= 0.6 is 35.7 Å². The maximum absolute atomic E-state index is 11.9. The van der Waals surface area contributed by atoms with E-state index in [1.807, 2.05) is 11.8 Å². The van der Waals surface area contributed by atoms with Gasteiger partial charge in [0.1, 0.15) is 0 Å². The summed E-state index contributed by atoms with van der Waals surface area (Å²) in [5.74, 6) is 2.84. The first-order chi connectivity index (χ1) is 13.8. The third-order valence-corrected chi connectivity index (χ3v) is 5.80. The van der Waals surface area contributed by atoms with E-state index in [2.05, 4.69) is 57.8 Å². The van der Waals surface area contributed by atoms with Crippen LogP contribution in [-0.4, -0.2) is 55.2 Å². The quantitative estimate of drug-likeness (QED) is 0.180. The van der Waals surface area contributed by atoms with Crippen LogP contribution in [0.15, 0.2) is 63.0 Å². The Morgan fingerprint density at radius 3 is 2.79 bits per heavy atom. The Hall–Kier alpha value is -1.68. The van der Waals surface area contributed by atoms with Crippen molar-refractivity contribution in [1.82, 2.24) is 15.5 Å². The van der Waals surface area contributed by atoms with E-state index < -0.39 is 0 Å². The number of furan rings is 1. The SMILES string of the molecule is CCNC(=NCCNC(=O)c1ccco1)N1CCC(CSc2ccccc2)C1.I. The molecule has 1 atom stereocenters. The number of benzene rings is 1. The van der Waals surface area contributed by atoms with E-state index in [1.54, 1.807) is 12.1 Å². The van der Waals surface area contributed by atoms with Gasteiger partial charge in [0, 0.05) is 36.8 Å². The fraction of sp³-hybridized carbons (Fsp3) is 0.429. The van der Waals surface area contributed by atoms with Gasteiger partial charge < -0.3 is 20.0 Å². The van der Waals surface area contributed by atoms with Crippen LogP contribution in [0.4, 0.5) is 0 Å². The first kappa shape index (κ1) is 23.6. The van der Waals surface area contributed by atoms with Gasteiger partial charge in [0.05, 0.1) is 12.8 Å². The molecule has 1 aromatic heterocycles. The number of nitrogens with zero attached hydrogens (tertiary/aromatic N) is 2. The molecule has 0 radical (unpaired) electrons. The van der Waals surface area contributed by atoms with E-state index in [4.69, 9.17) is 4.42 Å². The highest BCUT2D eigenvalue weighted by atomic mass is 127. The zero-order valence-electron chi connectivity index (χ0n) is 16.7. The predicted molar refractivity (Wildman–Crippen MR) is 129 cm³/mol. The number of nitrogens with one attached hydrogen (secondary N) is 2. The highest BCUT2D eigenvalue weighted by Crippen LogP contribution is 2.25. The number of carbonyl (C=O) groups excluding carboxylic acids is 1. The summed E-state index contributed by atoms with van der Waals surface area (Å²) in [4.78, 5) is 20.2. The highest BCUT2D eigenvalue weighted by Gasteiger charge is 2.24. The van der Waals surface area contributed by atoms with Gasteiger partial charge in [-0.25, -0.2) is 0 Å². The summed E-state index contributed by atoms with van der Waals surface area (Å²) in [6, 6.07) is 13.9. The van der Waals surface area contributed by atoms with Crippen LogP contribution < -0.4 is 10.6 Å². The van der Waals surface area contributed by atoms with Crippen LogP contribution in [0.1, 0.15) is 23.9 Å². The highest BCUT2D eigenvalue weighted by molar-refractivity contribution is 14.0. The first-order valence-corrected chi connectivity index (χ1v) is 10.8. The number of hydrogen-bond acceptors (Lipinski definition) is 4. The number of guanidine groups is 1. The molecule has 29 heavy (non-hydrogen) atoms. The minimum atomic E-state index is -0.204. The second kappa shape index (κ2) is 12.8. The fourth-order valence-corrected chi connectivity index (χ4v) is 4.19. The van der Waals surface area contributed by atoms with Gasteiger partial charge in [0.15, 0.2) is 11.7 Å². The maximum Gasteiger partial charge on any atom is 0.287 e. The average Bonchev–Trinajstić information content (AvgIpc) is 3.42. The van der Waals surface area contributed by atoms with Crippen LogP contribution in [0, 0.1) is 5.92 Å². The molecule has 1 aliphatic rings. The molecule has 0 aliphatic carbocycles. The van der Waals surface area contributed by atoms with Gasteiger partial charge in [-0.05, 0) is 43.5 Å². The fourth-order valence-electron chi connectivity index (χ4n) is 3.14. The Morgan fingerprint density at radius 1 is 1.24 bits per heavy atom. The van der Waals surface area contributed by atoms with Crippen molar-refractivity contribution in [2.75, 3.05) is 38.5 Å². The lowest BCUT2D eigenvalue weighted by atomic mass is 10.2. The van der Waals surface area contributed by atoms with Gasteiger partial charge in [0.25, 0.3) is 5.91 Å². The number of carbonyl (C=O) groups is 1. The lowest BCUT2D eigenvalue weighted by Gasteiger charge is -2.21. The van der Waals surface area contributed by atoms with Gasteiger partial charge in [-0.3, -0.25) is 9.79 Å². The predicted octanol–water partition coefficient (Wildman–Crippen LogP) is 3.71. The third kappa shape index (κ3) is 7.58. The smallest absolute Gasteiger partial charge is 0.287 e. The molecular formula is C21H29IN4O2S. The number of hydrogen-bond donors (Lipinski definition) is 2. The molecule has 8 heteroatoms. The zero-order valence-corrected chi connectivity index (χ0v) is 19.8. The van der Waals surface area contributed by atoms with Crippen LogP contribution in [0.3, 0.4) is 0 Å². The van der Waals surface area contributed by atoms with E-state index in [0.29, 0.717) is 24.8 Å². The van der Waals surface area contributed by atoms with Crippen molar-refractivity contribution in [1.29, 1.82) is 0 Å². The molecule has 3 rings (SSSR count). The standard InChI is InChI=1S/C21H28N4O2S.HI/c1-2-22-21(24-12-11-23-20(26)19-9-6-14-27-19)25-13-10-17(15-25)16-28-18-7-4-3-5-8-18;/h3-9,14,17H,2,10-13,15-16H2,1H3,(H,22,24)(H,23,26);1H. The monoisotopic (exact) mass is 528 g/mol. The number of aliphatic imine (C=N–C) groups is 1. The second-order valence-electron chi connectivity index (χ2n) is 6.69. The number of amides is 1. The zero-order chi connectivity index (χ0) is 19.6. The normalized spacial score (nSPS) is 16.4. The van der Waals surface area contributed by atoms with Gasteiger partial charge in [0.2, 0.25) is 0 Å². The molecule has 0 saturated carbocycles. The molecule has 2 aromatic rings. The Bertz CT molecular complexity index is 755. The molecule has 6 nitrogen and oxygen atoms in total. The number of rotatable bonds is 8. The molecule has 2 N–H and O–H groups in total. The Balaban J connectivity index is 0.00000300. The third-order valence-electron chi connectivity index (χ3n) is 4.55.